The highest BCUT2D eigenvalue weighted by Crippen LogP contribution is 2.15. The number of hydrogen-bond donors (Lipinski definition) is 4. The number of amides is 2. The van der Waals surface area contributed by atoms with E-state index in [-0.39, 0.29) is 10.6 Å². The summed E-state index contributed by atoms with van der Waals surface area (Å²) in [7, 11) is -4.18. The molecule has 9 nitrogen and oxygen atoms in total. The van der Waals surface area contributed by atoms with Crippen molar-refractivity contribution in [3.8, 4) is 0 Å². The second kappa shape index (κ2) is 9.90. The first kappa shape index (κ1) is 22.7. The van der Waals surface area contributed by atoms with Crippen LogP contribution >= 0.6 is 11.3 Å². The summed E-state index contributed by atoms with van der Waals surface area (Å²) in [6.45, 7) is 0. The smallest absolute Gasteiger partial charge is 0.285 e. The van der Waals surface area contributed by atoms with E-state index in [1.54, 1.807) is 47.8 Å². The summed E-state index contributed by atoms with van der Waals surface area (Å²) in [5.74, 6) is -2.01. The molecule has 2 amide bonds. The van der Waals surface area contributed by atoms with Crippen LogP contribution in [0.2, 0.25) is 0 Å². The summed E-state index contributed by atoms with van der Waals surface area (Å²) in [6.07, 6.45) is 1.45. The van der Waals surface area contributed by atoms with Gasteiger partial charge in [-0.1, -0.05) is 24.3 Å². The lowest BCUT2D eigenvalue weighted by atomic mass is 10.2. The molecular formula is C21H19N5O4S2. The molecule has 3 rings (SSSR count). The number of nitrogen functional groups attached to an aromatic ring is 1. The number of carbonyl (C=O) groups excluding carboxylic acids is 2. The van der Waals surface area contributed by atoms with Gasteiger partial charge in [-0.15, -0.1) is 15.7 Å². The molecule has 11 heteroatoms. The van der Waals surface area contributed by atoms with Gasteiger partial charge in [0, 0.05) is 16.1 Å². The average molecular weight is 470 g/mol. The maximum absolute atomic E-state index is 12.8. The first-order valence-corrected chi connectivity index (χ1v) is 11.5. The summed E-state index contributed by atoms with van der Waals surface area (Å²) in [6, 6.07) is 17.2. The molecule has 0 aliphatic rings. The van der Waals surface area contributed by atoms with Gasteiger partial charge in [0.25, 0.3) is 21.8 Å². The van der Waals surface area contributed by atoms with Gasteiger partial charge < -0.3 is 16.8 Å². The summed E-state index contributed by atoms with van der Waals surface area (Å²) >= 11 is 1.34. The Balaban J connectivity index is 1.82. The van der Waals surface area contributed by atoms with Gasteiger partial charge in [-0.25, -0.2) is 0 Å². The number of anilines is 1. The Hall–Kier alpha value is -3.96. The van der Waals surface area contributed by atoms with Crippen LogP contribution < -0.4 is 22.1 Å². The van der Waals surface area contributed by atoms with E-state index in [0.717, 1.165) is 0 Å². The van der Waals surface area contributed by atoms with Crippen LogP contribution in [0.1, 0.15) is 15.2 Å². The Morgan fingerprint density at radius 1 is 0.938 bits per heavy atom. The zero-order valence-corrected chi connectivity index (χ0v) is 18.2. The molecule has 0 aliphatic carbocycles. The molecule has 0 aliphatic heterocycles. The van der Waals surface area contributed by atoms with Crippen LogP contribution in [-0.4, -0.2) is 26.2 Å². The van der Waals surface area contributed by atoms with Crippen molar-refractivity contribution < 1.29 is 18.0 Å². The number of nitrogens with two attached hydrogens (primary N) is 2. The van der Waals surface area contributed by atoms with E-state index in [1.165, 1.54) is 41.7 Å². The minimum absolute atomic E-state index is 0.135. The maximum atomic E-state index is 12.8. The van der Waals surface area contributed by atoms with E-state index >= 15 is 0 Å². The van der Waals surface area contributed by atoms with Gasteiger partial charge in [0.1, 0.15) is 5.70 Å². The standard InChI is InChI=1S/C21H19N5O4S2/c22-15-8-10-17(11-9-15)32(29,30)26-21(23)25-20(28)18(13-16-7-4-12-31-16)24-19(27)14-5-2-1-3-6-14/h1-13H,22H2,(H,24,27)(H3,23,25,26,28)/b18-13+. The van der Waals surface area contributed by atoms with Crippen LogP contribution in [0.3, 0.4) is 0 Å². The van der Waals surface area contributed by atoms with Crippen LogP contribution in [0.25, 0.3) is 6.08 Å². The zero-order valence-electron chi connectivity index (χ0n) is 16.6. The molecule has 0 saturated heterocycles. The van der Waals surface area contributed by atoms with Crippen molar-refractivity contribution in [1.29, 1.82) is 0 Å². The minimum Gasteiger partial charge on any atom is -0.399 e. The molecule has 0 unspecified atom stereocenters. The third kappa shape index (κ3) is 6.03. The largest absolute Gasteiger partial charge is 0.399 e. The van der Waals surface area contributed by atoms with Crippen LogP contribution in [0.4, 0.5) is 5.69 Å². The third-order valence-corrected chi connectivity index (χ3v) is 6.12. The first-order chi connectivity index (χ1) is 15.2. The molecule has 164 valence electrons. The van der Waals surface area contributed by atoms with Crippen molar-refractivity contribution in [3.63, 3.8) is 0 Å². The molecule has 0 saturated carbocycles. The van der Waals surface area contributed by atoms with E-state index in [2.05, 4.69) is 15.0 Å². The Kier molecular flexibility index (Phi) is 7.03. The molecule has 0 spiro atoms. The summed E-state index contributed by atoms with van der Waals surface area (Å²) < 4.78 is 28.2. The van der Waals surface area contributed by atoms with Gasteiger partial charge in [0.15, 0.2) is 0 Å². The number of thiophene rings is 1. The van der Waals surface area contributed by atoms with Crippen molar-refractivity contribution in [2.24, 2.45) is 10.1 Å². The van der Waals surface area contributed by atoms with Crippen molar-refractivity contribution >= 4 is 50.9 Å². The maximum Gasteiger partial charge on any atom is 0.285 e. The monoisotopic (exact) mass is 469 g/mol. The molecule has 3 aromatic rings. The van der Waals surface area contributed by atoms with Gasteiger partial charge in [0.05, 0.1) is 4.90 Å². The number of rotatable bonds is 6. The molecule has 0 atom stereocenters. The minimum atomic E-state index is -4.18. The number of nitrogens with zero attached hydrogens (tertiary/aromatic N) is 1. The van der Waals surface area contributed by atoms with E-state index in [9.17, 15) is 18.0 Å². The fourth-order valence-electron chi connectivity index (χ4n) is 2.49. The Bertz CT molecular complexity index is 1270. The molecule has 0 fully saturated rings. The van der Waals surface area contributed by atoms with Crippen molar-refractivity contribution in [2.75, 3.05) is 5.73 Å². The number of benzene rings is 2. The highest BCUT2D eigenvalue weighted by molar-refractivity contribution is 7.90. The third-order valence-electron chi connectivity index (χ3n) is 4.00. The highest BCUT2D eigenvalue weighted by atomic mass is 32.2. The van der Waals surface area contributed by atoms with Gasteiger partial charge in [-0.05, 0) is 53.9 Å². The average Bonchev–Trinajstić information content (AvgIpc) is 3.27. The molecule has 6 N–H and O–H groups in total. The van der Waals surface area contributed by atoms with Gasteiger partial charge in [0.2, 0.25) is 5.96 Å². The Morgan fingerprint density at radius 3 is 2.25 bits per heavy atom. The van der Waals surface area contributed by atoms with Crippen LogP contribution in [0.5, 0.6) is 0 Å². The Morgan fingerprint density at radius 2 is 1.62 bits per heavy atom. The Labute approximate surface area is 188 Å². The van der Waals surface area contributed by atoms with E-state index in [0.29, 0.717) is 16.1 Å². The van der Waals surface area contributed by atoms with E-state index in [4.69, 9.17) is 11.5 Å². The predicted molar refractivity (Wildman–Crippen MR) is 124 cm³/mol. The van der Waals surface area contributed by atoms with Crippen molar-refractivity contribution in [2.45, 2.75) is 4.90 Å². The van der Waals surface area contributed by atoms with Crippen LogP contribution in [0.15, 0.2) is 87.1 Å². The van der Waals surface area contributed by atoms with Crippen LogP contribution in [-0.2, 0) is 14.8 Å². The van der Waals surface area contributed by atoms with Crippen molar-refractivity contribution in [1.82, 2.24) is 10.6 Å². The van der Waals surface area contributed by atoms with Gasteiger partial charge in [-0.3, -0.25) is 14.9 Å². The molecule has 0 bridgehead atoms. The lowest BCUT2D eigenvalue weighted by Crippen LogP contribution is -2.42. The van der Waals surface area contributed by atoms with Crippen molar-refractivity contribution in [3.05, 3.63) is 88.2 Å². The molecule has 32 heavy (non-hydrogen) atoms. The quantitative estimate of drug-likeness (QED) is 0.187. The lowest BCUT2D eigenvalue weighted by molar-refractivity contribution is -0.116. The van der Waals surface area contributed by atoms with E-state index in [1.807, 2.05) is 0 Å². The normalized spacial score (nSPS) is 12.2. The molecular weight excluding hydrogens is 450 g/mol. The molecule has 1 heterocycles. The summed E-state index contributed by atoms with van der Waals surface area (Å²) in [5.41, 5.74) is 11.8. The number of nitrogens with one attached hydrogen (secondary N) is 2. The van der Waals surface area contributed by atoms with E-state index < -0.39 is 27.8 Å². The van der Waals surface area contributed by atoms with Gasteiger partial charge >= 0.3 is 0 Å². The number of hydrogen-bond acceptors (Lipinski definition) is 6. The number of sulfonamides is 1. The molecule has 0 radical (unpaired) electrons. The fraction of sp³-hybridized carbons (Fsp3) is 0. The molecule has 1 aromatic heterocycles. The lowest BCUT2D eigenvalue weighted by Gasteiger charge is -2.10. The predicted octanol–water partition coefficient (Wildman–Crippen LogP) is 1.92. The number of guanidine groups is 1. The summed E-state index contributed by atoms with van der Waals surface area (Å²) in [4.78, 5) is 25.8. The molecule has 2 aromatic carbocycles. The van der Waals surface area contributed by atoms with Crippen LogP contribution in [0, 0.1) is 0 Å². The number of carbonyl (C=O) groups is 2. The first-order valence-electron chi connectivity index (χ1n) is 9.13. The SMILES string of the molecule is N/C(=N\S(=O)(=O)c1ccc(N)cc1)NC(=O)/C(=C\c1cccs1)NC(=O)c1ccccc1. The highest BCUT2D eigenvalue weighted by Gasteiger charge is 2.18. The van der Waals surface area contributed by atoms with Gasteiger partial charge in [-0.2, -0.15) is 8.42 Å². The fourth-order valence-corrected chi connectivity index (χ4v) is 4.03. The second-order valence-corrected chi connectivity index (χ2v) is 8.95. The second-order valence-electron chi connectivity index (χ2n) is 6.37. The summed E-state index contributed by atoms with van der Waals surface area (Å²) in [5, 5.41) is 6.51. The topological polar surface area (TPSA) is 157 Å². The zero-order chi connectivity index (χ0) is 23.1.